The molecule has 0 atom stereocenters. The maximum absolute atomic E-state index is 11.1. The summed E-state index contributed by atoms with van der Waals surface area (Å²) in [5, 5.41) is 9.12. The summed E-state index contributed by atoms with van der Waals surface area (Å²) in [6, 6.07) is 7.99. The van der Waals surface area contributed by atoms with Crippen molar-refractivity contribution in [1.82, 2.24) is 0 Å². The lowest BCUT2D eigenvalue weighted by Crippen LogP contribution is -2.25. The minimum atomic E-state index is -0.807. The summed E-state index contributed by atoms with van der Waals surface area (Å²) in [5.74, 6) is -0.807. The number of hydrogen-bond acceptors (Lipinski definition) is 2. The van der Waals surface area contributed by atoms with E-state index >= 15 is 0 Å². The molecule has 0 spiro atoms. The van der Waals surface area contributed by atoms with E-state index in [0.29, 0.717) is 12.0 Å². The van der Waals surface area contributed by atoms with Gasteiger partial charge in [0.1, 0.15) is 0 Å². The summed E-state index contributed by atoms with van der Waals surface area (Å²) >= 11 is 0. The summed E-state index contributed by atoms with van der Waals surface area (Å²) in [6.45, 7) is 3.89. The maximum Gasteiger partial charge on any atom is 0.331 e. The van der Waals surface area contributed by atoms with E-state index in [4.69, 9.17) is 5.11 Å². The summed E-state index contributed by atoms with van der Waals surface area (Å²) in [6.07, 6.45) is 3.47. The highest BCUT2D eigenvalue weighted by Crippen LogP contribution is 2.27. The highest BCUT2D eigenvalue weighted by atomic mass is 16.4. The van der Waals surface area contributed by atoms with Gasteiger partial charge in [0.25, 0.3) is 0 Å². The molecule has 1 aliphatic heterocycles. The smallest absolute Gasteiger partial charge is 0.331 e. The number of carboxylic acid groups (broad SMARTS) is 1. The van der Waals surface area contributed by atoms with E-state index < -0.39 is 5.97 Å². The summed E-state index contributed by atoms with van der Waals surface area (Å²) in [7, 11) is 0. The number of anilines is 1. The Morgan fingerprint density at radius 2 is 2.18 bits per heavy atom. The molecule has 1 aromatic rings. The molecule has 0 unspecified atom stereocenters. The zero-order valence-corrected chi connectivity index (χ0v) is 10.0. The van der Waals surface area contributed by atoms with Gasteiger partial charge in [-0.25, -0.2) is 4.79 Å². The Bertz CT molecular complexity index is 451. The summed E-state index contributed by atoms with van der Waals surface area (Å²) in [5.41, 5.74) is 2.65. The second-order valence-corrected chi connectivity index (χ2v) is 4.27. The Morgan fingerprint density at radius 1 is 1.41 bits per heavy atom. The van der Waals surface area contributed by atoms with Crippen molar-refractivity contribution >= 4 is 17.7 Å². The molecule has 0 fully saturated rings. The zero-order chi connectivity index (χ0) is 12.3. The molecule has 2 rings (SSSR count). The van der Waals surface area contributed by atoms with Crippen LogP contribution in [0.2, 0.25) is 0 Å². The van der Waals surface area contributed by atoms with Gasteiger partial charge in [0.05, 0.1) is 0 Å². The second-order valence-electron chi connectivity index (χ2n) is 4.27. The van der Waals surface area contributed by atoms with Crippen LogP contribution in [0.15, 0.2) is 29.8 Å². The van der Waals surface area contributed by atoms with Crippen molar-refractivity contribution in [2.45, 2.75) is 19.8 Å². The van der Waals surface area contributed by atoms with Crippen molar-refractivity contribution in [2.75, 3.05) is 18.0 Å². The molecule has 90 valence electrons. The highest BCUT2D eigenvalue weighted by Gasteiger charge is 2.17. The van der Waals surface area contributed by atoms with Gasteiger partial charge in [-0.05, 0) is 30.5 Å². The fourth-order valence-corrected chi connectivity index (χ4v) is 2.20. The molecule has 0 radical (unpaired) electrons. The first kappa shape index (κ1) is 11.7. The van der Waals surface area contributed by atoms with Crippen LogP contribution in [0, 0.1) is 0 Å². The fraction of sp³-hybridized carbons (Fsp3) is 0.357. The molecule has 0 saturated carbocycles. The van der Waals surface area contributed by atoms with Crippen molar-refractivity contribution in [3.8, 4) is 0 Å². The normalized spacial score (nSPS) is 14.9. The van der Waals surface area contributed by atoms with Crippen LogP contribution in [0.3, 0.4) is 0 Å². The molecule has 3 nitrogen and oxygen atoms in total. The third-order valence-electron chi connectivity index (χ3n) is 3.03. The van der Waals surface area contributed by atoms with Gasteiger partial charge in [-0.15, -0.1) is 0 Å². The predicted molar refractivity (Wildman–Crippen MR) is 69.2 cm³/mol. The van der Waals surface area contributed by atoms with E-state index in [1.54, 1.807) is 6.08 Å². The van der Waals surface area contributed by atoms with E-state index in [2.05, 4.69) is 17.9 Å². The topological polar surface area (TPSA) is 40.5 Å². The van der Waals surface area contributed by atoms with Gasteiger partial charge in [0.15, 0.2) is 0 Å². The van der Waals surface area contributed by atoms with E-state index in [-0.39, 0.29) is 0 Å². The van der Waals surface area contributed by atoms with Crippen LogP contribution in [-0.4, -0.2) is 24.2 Å². The summed E-state index contributed by atoms with van der Waals surface area (Å²) < 4.78 is 0. The standard InChI is InChI=1S/C14H17NO2/c1-2-8-15-9-7-12(14(16)17)10-11-5-3-4-6-13(11)15/h3-6,10H,2,7-9H2,1H3,(H,16,17). The second kappa shape index (κ2) is 5.04. The number of aliphatic carboxylic acids is 1. The Labute approximate surface area is 101 Å². The van der Waals surface area contributed by atoms with Crippen molar-refractivity contribution < 1.29 is 9.90 Å². The average molecular weight is 231 g/mol. The molecule has 1 heterocycles. The minimum Gasteiger partial charge on any atom is -0.478 e. The van der Waals surface area contributed by atoms with Crippen molar-refractivity contribution in [1.29, 1.82) is 0 Å². The minimum absolute atomic E-state index is 0.496. The van der Waals surface area contributed by atoms with E-state index in [0.717, 1.165) is 30.8 Å². The lowest BCUT2D eigenvalue weighted by Gasteiger charge is -2.24. The summed E-state index contributed by atoms with van der Waals surface area (Å²) in [4.78, 5) is 13.4. The number of hydrogen-bond donors (Lipinski definition) is 1. The Balaban J connectivity index is 2.40. The Hall–Kier alpha value is -1.77. The van der Waals surface area contributed by atoms with Crippen LogP contribution in [0.5, 0.6) is 0 Å². The maximum atomic E-state index is 11.1. The Kier molecular flexibility index (Phi) is 3.47. The van der Waals surface area contributed by atoms with Crippen LogP contribution < -0.4 is 4.90 Å². The molecule has 0 bridgehead atoms. The van der Waals surface area contributed by atoms with Crippen LogP contribution in [0.1, 0.15) is 25.3 Å². The molecule has 1 N–H and O–H groups in total. The predicted octanol–water partition coefficient (Wildman–Crippen LogP) is 2.77. The van der Waals surface area contributed by atoms with Gasteiger partial charge in [-0.3, -0.25) is 0 Å². The number of fused-ring (bicyclic) bond motifs is 1. The van der Waals surface area contributed by atoms with E-state index in [1.165, 1.54) is 0 Å². The first-order valence-corrected chi connectivity index (χ1v) is 6.00. The molecule has 17 heavy (non-hydrogen) atoms. The molecular formula is C14H17NO2. The van der Waals surface area contributed by atoms with Gasteiger partial charge >= 0.3 is 5.97 Å². The van der Waals surface area contributed by atoms with Gasteiger partial charge in [-0.2, -0.15) is 0 Å². The number of nitrogens with zero attached hydrogens (tertiary/aromatic N) is 1. The number of rotatable bonds is 3. The van der Waals surface area contributed by atoms with Crippen LogP contribution >= 0.6 is 0 Å². The molecule has 0 saturated heterocycles. The molecule has 0 amide bonds. The molecular weight excluding hydrogens is 214 g/mol. The molecule has 1 aliphatic rings. The number of para-hydroxylation sites is 1. The van der Waals surface area contributed by atoms with E-state index in [9.17, 15) is 4.79 Å². The first-order chi connectivity index (χ1) is 8.22. The van der Waals surface area contributed by atoms with E-state index in [1.807, 2.05) is 18.2 Å². The third-order valence-corrected chi connectivity index (χ3v) is 3.03. The quantitative estimate of drug-likeness (QED) is 0.869. The van der Waals surface area contributed by atoms with Gasteiger partial charge in [0.2, 0.25) is 0 Å². The van der Waals surface area contributed by atoms with Crippen molar-refractivity contribution in [2.24, 2.45) is 0 Å². The largest absolute Gasteiger partial charge is 0.478 e. The van der Waals surface area contributed by atoms with Gasteiger partial charge in [-0.1, -0.05) is 25.1 Å². The third kappa shape index (κ3) is 2.49. The van der Waals surface area contributed by atoms with Crippen LogP contribution in [-0.2, 0) is 4.79 Å². The first-order valence-electron chi connectivity index (χ1n) is 6.00. The van der Waals surface area contributed by atoms with Gasteiger partial charge in [0, 0.05) is 24.4 Å². The zero-order valence-electron chi connectivity index (χ0n) is 10.0. The van der Waals surface area contributed by atoms with Crippen molar-refractivity contribution in [3.05, 3.63) is 35.4 Å². The number of carbonyl (C=O) groups is 1. The van der Waals surface area contributed by atoms with Crippen LogP contribution in [0.25, 0.3) is 6.08 Å². The molecule has 3 heteroatoms. The lowest BCUT2D eigenvalue weighted by molar-refractivity contribution is -0.132. The molecule has 0 aromatic heterocycles. The SMILES string of the molecule is CCCN1CCC(C(=O)O)=Cc2ccccc21. The van der Waals surface area contributed by atoms with Crippen LogP contribution in [0.4, 0.5) is 5.69 Å². The highest BCUT2D eigenvalue weighted by molar-refractivity contribution is 5.94. The molecule has 1 aromatic carbocycles. The van der Waals surface area contributed by atoms with Crippen molar-refractivity contribution in [3.63, 3.8) is 0 Å². The van der Waals surface area contributed by atoms with Gasteiger partial charge < -0.3 is 10.0 Å². The monoisotopic (exact) mass is 231 g/mol. The number of carboxylic acids is 1. The number of benzene rings is 1. The lowest BCUT2D eigenvalue weighted by atomic mass is 10.1. The average Bonchev–Trinajstić information content (AvgIpc) is 2.50. The molecule has 0 aliphatic carbocycles. The fourth-order valence-electron chi connectivity index (χ4n) is 2.20. The Morgan fingerprint density at radius 3 is 2.88 bits per heavy atom.